The Morgan fingerprint density at radius 3 is 2.22 bits per heavy atom. The van der Waals surface area contributed by atoms with E-state index in [0.717, 1.165) is 11.8 Å². The van der Waals surface area contributed by atoms with Crippen LogP contribution in [-0.4, -0.2) is 21.3 Å². The van der Waals surface area contributed by atoms with Crippen molar-refractivity contribution in [3.63, 3.8) is 0 Å². The monoisotopic (exact) mass is 216 g/mol. The van der Waals surface area contributed by atoms with Crippen LogP contribution in [0, 0.1) is 0 Å². The highest BCUT2D eigenvalue weighted by Gasteiger charge is 2.10. The highest BCUT2D eigenvalue weighted by molar-refractivity contribution is 9.09. The quantitative estimate of drug-likeness (QED) is 0.424. The van der Waals surface area contributed by atoms with E-state index < -0.39 is 7.60 Å². The summed E-state index contributed by atoms with van der Waals surface area (Å²) in [5.74, 6) is 0. The van der Waals surface area contributed by atoms with Crippen molar-refractivity contribution < 1.29 is 14.4 Å². The van der Waals surface area contributed by atoms with Gasteiger partial charge >= 0.3 is 7.60 Å². The lowest BCUT2D eigenvalue weighted by atomic mass is 10.4. The SMILES string of the molecule is O=P(O)(O)CCCCBr. The van der Waals surface area contributed by atoms with Crippen LogP contribution in [-0.2, 0) is 4.57 Å². The van der Waals surface area contributed by atoms with Crippen LogP contribution in [0.15, 0.2) is 0 Å². The zero-order chi connectivity index (χ0) is 7.33. The predicted octanol–water partition coefficient (Wildman–Crippen LogP) is 1.34. The molecule has 0 fully saturated rings. The zero-order valence-electron chi connectivity index (χ0n) is 4.96. The van der Waals surface area contributed by atoms with Gasteiger partial charge in [-0.2, -0.15) is 0 Å². The second kappa shape index (κ2) is 4.45. The highest BCUT2D eigenvalue weighted by Crippen LogP contribution is 2.35. The van der Waals surface area contributed by atoms with Crippen LogP contribution in [0.5, 0.6) is 0 Å². The van der Waals surface area contributed by atoms with Crippen LogP contribution < -0.4 is 0 Å². The molecule has 0 atom stereocenters. The molecule has 56 valence electrons. The standard InChI is InChI=1S/C4H10BrO3P/c5-3-1-2-4-9(6,7)8/h1-4H2,(H2,6,7,8). The Balaban J connectivity index is 3.18. The number of hydrogen-bond acceptors (Lipinski definition) is 1. The molecule has 0 radical (unpaired) electrons. The van der Waals surface area contributed by atoms with Crippen molar-refractivity contribution in [3.8, 4) is 0 Å². The lowest BCUT2D eigenvalue weighted by Crippen LogP contribution is -1.87. The fourth-order valence-corrected chi connectivity index (χ4v) is 1.44. The normalized spacial score (nSPS) is 11.9. The van der Waals surface area contributed by atoms with Crippen LogP contribution in [0.4, 0.5) is 0 Å². The highest BCUT2D eigenvalue weighted by atomic mass is 79.9. The number of alkyl halides is 1. The molecule has 0 aliphatic heterocycles. The first-order chi connectivity index (χ1) is 4.06. The minimum absolute atomic E-state index is 0.0125. The molecule has 0 bridgehead atoms. The minimum atomic E-state index is -3.72. The van der Waals surface area contributed by atoms with E-state index in [4.69, 9.17) is 9.79 Å². The van der Waals surface area contributed by atoms with Gasteiger partial charge in [-0.1, -0.05) is 15.9 Å². The predicted molar refractivity (Wildman–Crippen MR) is 39.9 cm³/mol. The molecule has 2 N–H and O–H groups in total. The minimum Gasteiger partial charge on any atom is -0.324 e. The second-order valence-electron chi connectivity index (χ2n) is 1.78. The van der Waals surface area contributed by atoms with Gasteiger partial charge in [0.25, 0.3) is 0 Å². The van der Waals surface area contributed by atoms with Crippen molar-refractivity contribution in [3.05, 3.63) is 0 Å². The lowest BCUT2D eigenvalue weighted by molar-refractivity contribution is 0.371. The Labute approximate surface area is 62.8 Å². The largest absolute Gasteiger partial charge is 0.325 e. The molecule has 9 heavy (non-hydrogen) atoms. The maximum atomic E-state index is 10.2. The molecular formula is C4H10BrO3P. The molecule has 0 aromatic rings. The summed E-state index contributed by atoms with van der Waals surface area (Å²) in [6, 6.07) is 0. The Bertz CT molecular complexity index is 110. The first-order valence-corrected chi connectivity index (χ1v) is 5.59. The van der Waals surface area contributed by atoms with Crippen LogP contribution in [0.3, 0.4) is 0 Å². The van der Waals surface area contributed by atoms with Gasteiger partial charge in [-0.05, 0) is 12.8 Å². The topological polar surface area (TPSA) is 57.5 Å². The van der Waals surface area contributed by atoms with Gasteiger partial charge in [-0.15, -0.1) is 0 Å². The zero-order valence-corrected chi connectivity index (χ0v) is 7.44. The number of unbranched alkanes of at least 4 members (excludes halogenated alkanes) is 1. The maximum Gasteiger partial charge on any atom is 0.325 e. The maximum absolute atomic E-state index is 10.2. The molecule has 0 aliphatic carbocycles. The molecule has 0 spiro atoms. The van der Waals surface area contributed by atoms with Gasteiger partial charge in [0.15, 0.2) is 0 Å². The van der Waals surface area contributed by atoms with Crippen molar-refractivity contribution in [1.29, 1.82) is 0 Å². The van der Waals surface area contributed by atoms with Gasteiger partial charge in [0.2, 0.25) is 0 Å². The van der Waals surface area contributed by atoms with Crippen molar-refractivity contribution in [2.45, 2.75) is 12.8 Å². The number of rotatable bonds is 4. The first-order valence-electron chi connectivity index (χ1n) is 2.67. The third-order valence-electron chi connectivity index (χ3n) is 0.833. The summed E-state index contributed by atoms with van der Waals surface area (Å²) in [5.41, 5.74) is 0. The van der Waals surface area contributed by atoms with Crippen molar-refractivity contribution in [2.24, 2.45) is 0 Å². The van der Waals surface area contributed by atoms with E-state index in [2.05, 4.69) is 15.9 Å². The second-order valence-corrected chi connectivity index (χ2v) is 4.35. The van der Waals surface area contributed by atoms with E-state index in [-0.39, 0.29) is 6.16 Å². The molecule has 0 heterocycles. The molecule has 0 unspecified atom stereocenters. The lowest BCUT2D eigenvalue weighted by Gasteiger charge is -2.00. The Morgan fingerprint density at radius 2 is 1.89 bits per heavy atom. The molecule has 0 saturated heterocycles. The molecule has 0 aliphatic rings. The molecule has 0 aromatic carbocycles. The molecule has 0 amide bonds. The van der Waals surface area contributed by atoms with Gasteiger partial charge in [-0.25, -0.2) is 0 Å². The van der Waals surface area contributed by atoms with E-state index in [9.17, 15) is 4.57 Å². The summed E-state index contributed by atoms with van der Waals surface area (Å²) in [6.07, 6.45) is 1.43. The van der Waals surface area contributed by atoms with Gasteiger partial charge in [0.1, 0.15) is 0 Å². The van der Waals surface area contributed by atoms with Crippen molar-refractivity contribution >= 4 is 23.5 Å². The average Bonchev–Trinajstić information content (AvgIpc) is 1.63. The summed E-state index contributed by atoms with van der Waals surface area (Å²) in [4.78, 5) is 16.7. The fraction of sp³-hybridized carbons (Fsp3) is 1.00. The third kappa shape index (κ3) is 8.63. The summed E-state index contributed by atoms with van der Waals surface area (Å²) < 4.78 is 10.2. The first kappa shape index (κ1) is 9.63. The van der Waals surface area contributed by atoms with E-state index in [1.54, 1.807) is 0 Å². The Kier molecular flexibility index (Phi) is 4.76. The summed E-state index contributed by atoms with van der Waals surface area (Å²) in [7, 11) is -3.72. The van der Waals surface area contributed by atoms with Crippen LogP contribution in [0.1, 0.15) is 12.8 Å². The summed E-state index contributed by atoms with van der Waals surface area (Å²) in [6.45, 7) is 0. The van der Waals surface area contributed by atoms with Crippen LogP contribution in [0.2, 0.25) is 0 Å². The van der Waals surface area contributed by atoms with Gasteiger partial charge in [0.05, 0.1) is 0 Å². The van der Waals surface area contributed by atoms with E-state index in [1.807, 2.05) is 0 Å². The molecule has 0 rings (SSSR count). The molecule has 3 nitrogen and oxygen atoms in total. The fourth-order valence-electron chi connectivity index (χ4n) is 0.412. The van der Waals surface area contributed by atoms with E-state index >= 15 is 0 Å². The smallest absolute Gasteiger partial charge is 0.324 e. The average molecular weight is 217 g/mol. The third-order valence-corrected chi connectivity index (χ3v) is 2.29. The van der Waals surface area contributed by atoms with Gasteiger partial charge < -0.3 is 9.79 Å². The van der Waals surface area contributed by atoms with E-state index in [0.29, 0.717) is 6.42 Å². The molecule has 0 saturated carbocycles. The molecule has 5 heteroatoms. The Morgan fingerprint density at radius 1 is 1.33 bits per heavy atom. The summed E-state index contributed by atoms with van der Waals surface area (Å²) >= 11 is 3.16. The molecule has 0 aromatic heterocycles. The molecular weight excluding hydrogens is 207 g/mol. The Hall–Kier alpha value is 0.630. The van der Waals surface area contributed by atoms with Crippen molar-refractivity contribution in [2.75, 3.05) is 11.5 Å². The summed E-state index contributed by atoms with van der Waals surface area (Å²) in [5, 5.41) is 0.812. The van der Waals surface area contributed by atoms with Gasteiger partial charge in [-0.3, -0.25) is 4.57 Å². The van der Waals surface area contributed by atoms with Crippen LogP contribution >= 0.6 is 23.5 Å². The van der Waals surface area contributed by atoms with Crippen LogP contribution in [0.25, 0.3) is 0 Å². The number of halogens is 1. The number of hydrogen-bond donors (Lipinski definition) is 2. The van der Waals surface area contributed by atoms with Gasteiger partial charge in [0, 0.05) is 11.5 Å². The van der Waals surface area contributed by atoms with Crippen molar-refractivity contribution in [1.82, 2.24) is 0 Å². The van der Waals surface area contributed by atoms with E-state index in [1.165, 1.54) is 0 Å².